The van der Waals surface area contributed by atoms with Crippen LogP contribution in [0.5, 0.6) is 11.5 Å². The molecular weight excluding hydrogens is 332 g/mol. The van der Waals surface area contributed by atoms with Crippen molar-refractivity contribution in [2.24, 2.45) is 0 Å². The van der Waals surface area contributed by atoms with Gasteiger partial charge in [-0.25, -0.2) is 0 Å². The standard InChI is InChI=1S/C20H20N2O4/c23-19(15-6-2-1-3-7-15)21-10-12-22(13-11-21)20(24)18-14-25-16-8-4-5-9-17(16)26-18/h1-9,18H,10-14H2/t18-/m0/s1. The van der Waals surface area contributed by atoms with Crippen LogP contribution in [0.25, 0.3) is 0 Å². The number of ether oxygens (including phenoxy) is 2. The highest BCUT2D eigenvalue weighted by molar-refractivity contribution is 5.94. The zero-order valence-corrected chi connectivity index (χ0v) is 14.3. The van der Waals surface area contributed by atoms with E-state index in [0.717, 1.165) is 0 Å². The summed E-state index contributed by atoms with van der Waals surface area (Å²) in [6, 6.07) is 16.6. The Balaban J connectivity index is 1.35. The smallest absolute Gasteiger partial charge is 0.267 e. The highest BCUT2D eigenvalue weighted by Gasteiger charge is 2.33. The second-order valence-corrected chi connectivity index (χ2v) is 6.35. The SMILES string of the molecule is O=C(c1ccccc1)N1CCN(C(=O)[C@@H]2COc3ccccc3O2)CC1. The number of para-hydroxylation sites is 2. The maximum atomic E-state index is 12.7. The molecule has 0 N–H and O–H groups in total. The molecule has 0 radical (unpaired) electrons. The Morgan fingerprint density at radius 2 is 1.42 bits per heavy atom. The quantitative estimate of drug-likeness (QED) is 0.827. The van der Waals surface area contributed by atoms with E-state index in [1.807, 2.05) is 48.5 Å². The minimum absolute atomic E-state index is 0.00359. The van der Waals surface area contributed by atoms with Gasteiger partial charge in [-0.3, -0.25) is 9.59 Å². The van der Waals surface area contributed by atoms with Crippen molar-refractivity contribution >= 4 is 11.8 Å². The van der Waals surface area contributed by atoms with Crippen molar-refractivity contribution in [3.8, 4) is 11.5 Å². The Kier molecular flexibility index (Phi) is 4.48. The molecule has 0 bridgehead atoms. The summed E-state index contributed by atoms with van der Waals surface area (Å²) in [6.07, 6.45) is -0.638. The molecule has 0 unspecified atom stereocenters. The Labute approximate surface area is 151 Å². The zero-order chi connectivity index (χ0) is 17.9. The third kappa shape index (κ3) is 3.22. The van der Waals surface area contributed by atoms with Crippen LogP contribution in [0.3, 0.4) is 0 Å². The lowest BCUT2D eigenvalue weighted by Crippen LogP contribution is -2.55. The van der Waals surface area contributed by atoms with E-state index in [-0.39, 0.29) is 18.4 Å². The minimum Gasteiger partial charge on any atom is -0.485 e. The number of carbonyl (C=O) groups excluding carboxylic acids is 2. The van der Waals surface area contributed by atoms with Crippen LogP contribution in [0.4, 0.5) is 0 Å². The largest absolute Gasteiger partial charge is 0.485 e. The first-order valence-corrected chi connectivity index (χ1v) is 8.74. The van der Waals surface area contributed by atoms with Crippen molar-refractivity contribution in [2.45, 2.75) is 6.10 Å². The predicted octanol–water partition coefficient (Wildman–Crippen LogP) is 1.81. The number of hydrogen-bond acceptors (Lipinski definition) is 4. The fourth-order valence-electron chi connectivity index (χ4n) is 3.24. The number of piperazine rings is 1. The third-order valence-corrected chi connectivity index (χ3v) is 4.68. The van der Waals surface area contributed by atoms with Gasteiger partial charge in [0.05, 0.1) is 0 Å². The second kappa shape index (κ2) is 7.07. The van der Waals surface area contributed by atoms with Crippen LogP contribution in [0.2, 0.25) is 0 Å². The number of fused-ring (bicyclic) bond motifs is 1. The Morgan fingerprint density at radius 3 is 2.15 bits per heavy atom. The van der Waals surface area contributed by atoms with E-state index in [4.69, 9.17) is 9.47 Å². The maximum absolute atomic E-state index is 12.7. The first-order valence-electron chi connectivity index (χ1n) is 8.74. The lowest BCUT2D eigenvalue weighted by Gasteiger charge is -2.37. The molecule has 6 nitrogen and oxygen atoms in total. The normalized spacial score (nSPS) is 19.2. The topological polar surface area (TPSA) is 59.1 Å². The molecular formula is C20H20N2O4. The molecule has 0 aromatic heterocycles. The van der Waals surface area contributed by atoms with E-state index in [1.165, 1.54) is 0 Å². The first kappa shape index (κ1) is 16.4. The Morgan fingerprint density at radius 1 is 0.808 bits per heavy atom. The molecule has 2 amide bonds. The molecule has 2 aliphatic rings. The molecule has 2 aliphatic heterocycles. The zero-order valence-electron chi connectivity index (χ0n) is 14.3. The summed E-state index contributed by atoms with van der Waals surface area (Å²) in [4.78, 5) is 28.8. The fourth-order valence-corrected chi connectivity index (χ4v) is 3.24. The van der Waals surface area contributed by atoms with E-state index in [1.54, 1.807) is 15.9 Å². The molecule has 4 rings (SSSR count). The first-order chi connectivity index (χ1) is 12.7. The molecule has 0 aliphatic carbocycles. The van der Waals surface area contributed by atoms with Gasteiger partial charge in [-0.05, 0) is 24.3 Å². The van der Waals surface area contributed by atoms with Gasteiger partial charge in [0.15, 0.2) is 11.5 Å². The van der Waals surface area contributed by atoms with Gasteiger partial charge in [-0.15, -0.1) is 0 Å². The van der Waals surface area contributed by atoms with Crippen molar-refractivity contribution in [3.63, 3.8) is 0 Å². The molecule has 1 saturated heterocycles. The number of rotatable bonds is 2. The Hall–Kier alpha value is -3.02. The van der Waals surface area contributed by atoms with Crippen molar-refractivity contribution < 1.29 is 19.1 Å². The van der Waals surface area contributed by atoms with Crippen LogP contribution in [0, 0.1) is 0 Å². The van der Waals surface area contributed by atoms with Crippen LogP contribution < -0.4 is 9.47 Å². The van der Waals surface area contributed by atoms with Crippen LogP contribution >= 0.6 is 0 Å². The van der Waals surface area contributed by atoms with Crippen LogP contribution in [-0.2, 0) is 4.79 Å². The number of amides is 2. The van der Waals surface area contributed by atoms with Gasteiger partial charge in [0.2, 0.25) is 6.10 Å². The molecule has 2 heterocycles. The van der Waals surface area contributed by atoms with E-state index >= 15 is 0 Å². The van der Waals surface area contributed by atoms with Gasteiger partial charge < -0.3 is 19.3 Å². The number of nitrogens with zero attached hydrogens (tertiary/aromatic N) is 2. The highest BCUT2D eigenvalue weighted by atomic mass is 16.6. The summed E-state index contributed by atoms with van der Waals surface area (Å²) < 4.78 is 11.4. The molecule has 134 valence electrons. The molecule has 2 aromatic rings. The molecule has 6 heteroatoms. The highest BCUT2D eigenvalue weighted by Crippen LogP contribution is 2.31. The van der Waals surface area contributed by atoms with Crippen LogP contribution in [0.1, 0.15) is 10.4 Å². The monoisotopic (exact) mass is 352 g/mol. The van der Waals surface area contributed by atoms with Gasteiger partial charge in [-0.1, -0.05) is 30.3 Å². The van der Waals surface area contributed by atoms with Crippen molar-refractivity contribution in [2.75, 3.05) is 32.8 Å². The van der Waals surface area contributed by atoms with Gasteiger partial charge >= 0.3 is 0 Å². The number of hydrogen-bond donors (Lipinski definition) is 0. The molecule has 2 aromatic carbocycles. The van der Waals surface area contributed by atoms with Crippen molar-refractivity contribution in [1.29, 1.82) is 0 Å². The molecule has 0 spiro atoms. The summed E-state index contributed by atoms with van der Waals surface area (Å²) in [6.45, 7) is 2.24. The minimum atomic E-state index is -0.638. The van der Waals surface area contributed by atoms with Crippen LogP contribution in [0.15, 0.2) is 54.6 Å². The van der Waals surface area contributed by atoms with E-state index in [0.29, 0.717) is 43.2 Å². The van der Waals surface area contributed by atoms with Crippen LogP contribution in [-0.4, -0.2) is 60.5 Å². The molecule has 26 heavy (non-hydrogen) atoms. The predicted molar refractivity (Wildman–Crippen MR) is 95.3 cm³/mol. The second-order valence-electron chi connectivity index (χ2n) is 6.35. The van der Waals surface area contributed by atoms with Crippen molar-refractivity contribution in [3.05, 3.63) is 60.2 Å². The summed E-state index contributed by atoms with van der Waals surface area (Å²) >= 11 is 0. The van der Waals surface area contributed by atoms with E-state index in [2.05, 4.69) is 0 Å². The average Bonchev–Trinajstić information content (AvgIpc) is 2.73. The number of benzene rings is 2. The number of carbonyl (C=O) groups is 2. The lowest BCUT2D eigenvalue weighted by molar-refractivity contribution is -0.142. The van der Waals surface area contributed by atoms with Crippen molar-refractivity contribution in [1.82, 2.24) is 9.80 Å². The van der Waals surface area contributed by atoms with Gasteiger partial charge in [0.25, 0.3) is 11.8 Å². The fraction of sp³-hybridized carbons (Fsp3) is 0.300. The van der Waals surface area contributed by atoms with Gasteiger partial charge in [0, 0.05) is 31.7 Å². The lowest BCUT2D eigenvalue weighted by atomic mass is 10.1. The van der Waals surface area contributed by atoms with Gasteiger partial charge in [-0.2, -0.15) is 0 Å². The molecule has 0 saturated carbocycles. The summed E-state index contributed by atoms with van der Waals surface area (Å²) in [5, 5.41) is 0. The van der Waals surface area contributed by atoms with Gasteiger partial charge in [0.1, 0.15) is 6.61 Å². The van der Waals surface area contributed by atoms with E-state index < -0.39 is 6.10 Å². The molecule has 1 atom stereocenters. The summed E-state index contributed by atoms with van der Waals surface area (Å²) in [5.74, 6) is 1.17. The van der Waals surface area contributed by atoms with E-state index in [9.17, 15) is 9.59 Å². The summed E-state index contributed by atoms with van der Waals surface area (Å²) in [7, 11) is 0. The average molecular weight is 352 g/mol. The third-order valence-electron chi connectivity index (χ3n) is 4.68. The maximum Gasteiger partial charge on any atom is 0.267 e. The summed E-state index contributed by atoms with van der Waals surface area (Å²) in [5.41, 5.74) is 0.674. The molecule has 1 fully saturated rings. The Bertz CT molecular complexity index is 800.